The maximum absolute atomic E-state index is 13.6. The third-order valence-electron chi connectivity index (χ3n) is 2.75. The van der Waals surface area contributed by atoms with E-state index in [0.717, 1.165) is 6.07 Å². The van der Waals surface area contributed by atoms with Gasteiger partial charge in [-0.25, -0.2) is 17.6 Å². The number of hydrogen-bond donors (Lipinski definition) is 0. The van der Waals surface area contributed by atoms with E-state index in [1.165, 1.54) is 6.92 Å². The Morgan fingerprint density at radius 1 is 0.850 bits per heavy atom. The molecule has 0 fully saturated rings. The second-order valence-electron chi connectivity index (χ2n) is 4.16. The molecule has 0 amide bonds. The van der Waals surface area contributed by atoms with Crippen LogP contribution in [-0.2, 0) is 0 Å². The molecule has 0 aliphatic carbocycles. The van der Waals surface area contributed by atoms with Crippen LogP contribution in [0.25, 0.3) is 0 Å². The van der Waals surface area contributed by atoms with Crippen LogP contribution in [0.2, 0.25) is 5.02 Å². The minimum atomic E-state index is -1.15. The molecule has 0 saturated carbocycles. The van der Waals surface area contributed by atoms with Crippen molar-refractivity contribution in [2.45, 2.75) is 6.92 Å². The molecule has 0 aliphatic rings. The van der Waals surface area contributed by atoms with Gasteiger partial charge in [0.25, 0.3) is 0 Å². The van der Waals surface area contributed by atoms with Crippen LogP contribution < -0.4 is 0 Å². The van der Waals surface area contributed by atoms with E-state index in [2.05, 4.69) is 0 Å². The van der Waals surface area contributed by atoms with Crippen LogP contribution in [0, 0.1) is 30.2 Å². The first-order chi connectivity index (χ1) is 9.31. The van der Waals surface area contributed by atoms with E-state index in [0.29, 0.717) is 18.2 Å². The second kappa shape index (κ2) is 5.25. The van der Waals surface area contributed by atoms with Gasteiger partial charge in [0, 0.05) is 6.07 Å². The fourth-order valence-electron chi connectivity index (χ4n) is 1.67. The lowest BCUT2D eigenvalue weighted by molar-refractivity contribution is 0.103. The molecule has 0 spiro atoms. The highest BCUT2D eigenvalue weighted by Crippen LogP contribution is 2.23. The lowest BCUT2D eigenvalue weighted by Crippen LogP contribution is -2.09. The lowest BCUT2D eigenvalue weighted by atomic mass is 10.00. The summed E-state index contributed by atoms with van der Waals surface area (Å²) in [5.41, 5.74) is -1.19. The number of carbonyl (C=O) groups excluding carboxylic acids is 1. The molecule has 0 atom stereocenters. The number of aryl methyl sites for hydroxylation is 1. The van der Waals surface area contributed by atoms with Gasteiger partial charge >= 0.3 is 0 Å². The fourth-order valence-corrected chi connectivity index (χ4v) is 1.82. The first-order valence-electron chi connectivity index (χ1n) is 5.46. The normalized spacial score (nSPS) is 10.7. The number of hydrogen-bond acceptors (Lipinski definition) is 1. The van der Waals surface area contributed by atoms with Gasteiger partial charge in [-0.15, -0.1) is 0 Å². The molecule has 1 nitrogen and oxygen atoms in total. The van der Waals surface area contributed by atoms with Crippen LogP contribution in [-0.4, -0.2) is 5.78 Å². The molecule has 6 heteroatoms. The van der Waals surface area contributed by atoms with Crippen molar-refractivity contribution in [3.63, 3.8) is 0 Å². The Kier molecular flexibility index (Phi) is 3.81. The number of ketones is 1. The predicted molar refractivity (Wildman–Crippen MR) is 65.9 cm³/mol. The molecule has 0 unspecified atom stereocenters. The standard InChI is InChI=1S/C14H7ClF4O/c1-6-2-7(12(18)5-10(6)16)14(20)8-3-13(19)9(15)4-11(8)17/h2-5H,1H3. The van der Waals surface area contributed by atoms with Crippen LogP contribution >= 0.6 is 11.6 Å². The molecule has 0 aromatic heterocycles. The van der Waals surface area contributed by atoms with E-state index in [1.54, 1.807) is 0 Å². The zero-order valence-corrected chi connectivity index (χ0v) is 10.9. The maximum atomic E-state index is 13.6. The van der Waals surface area contributed by atoms with E-state index >= 15 is 0 Å². The molecule has 2 aromatic rings. The average molecular weight is 303 g/mol. The van der Waals surface area contributed by atoms with E-state index in [4.69, 9.17) is 11.6 Å². The molecule has 2 rings (SSSR count). The predicted octanol–water partition coefficient (Wildman–Crippen LogP) is 4.44. The summed E-state index contributed by atoms with van der Waals surface area (Å²) in [4.78, 5) is 12.0. The summed E-state index contributed by atoms with van der Waals surface area (Å²) in [5.74, 6) is -5.15. The summed E-state index contributed by atoms with van der Waals surface area (Å²) in [7, 11) is 0. The van der Waals surface area contributed by atoms with Crippen LogP contribution in [0.4, 0.5) is 17.6 Å². The Morgan fingerprint density at radius 2 is 1.40 bits per heavy atom. The first kappa shape index (κ1) is 14.5. The molecule has 0 radical (unpaired) electrons. The van der Waals surface area contributed by atoms with E-state index in [9.17, 15) is 22.4 Å². The fraction of sp³-hybridized carbons (Fsp3) is 0.0714. The van der Waals surface area contributed by atoms with Gasteiger partial charge in [0.15, 0.2) is 5.78 Å². The van der Waals surface area contributed by atoms with Crippen molar-refractivity contribution in [3.05, 3.63) is 69.2 Å². The molecule has 0 aliphatic heterocycles. The van der Waals surface area contributed by atoms with Crippen molar-refractivity contribution in [1.29, 1.82) is 0 Å². The molecule has 104 valence electrons. The Morgan fingerprint density at radius 3 is 2.05 bits per heavy atom. The molecule has 0 N–H and O–H groups in total. The second-order valence-corrected chi connectivity index (χ2v) is 4.56. The number of rotatable bonds is 2. The highest BCUT2D eigenvalue weighted by molar-refractivity contribution is 6.30. The van der Waals surface area contributed by atoms with Gasteiger partial charge in [0.2, 0.25) is 0 Å². The van der Waals surface area contributed by atoms with Crippen molar-refractivity contribution in [2.24, 2.45) is 0 Å². The highest BCUT2D eigenvalue weighted by atomic mass is 35.5. The van der Waals surface area contributed by atoms with Crippen molar-refractivity contribution >= 4 is 17.4 Å². The van der Waals surface area contributed by atoms with Gasteiger partial charge in [0.05, 0.1) is 16.1 Å². The Balaban J connectivity index is 2.57. The van der Waals surface area contributed by atoms with E-state index in [1.807, 2.05) is 0 Å². The van der Waals surface area contributed by atoms with Gasteiger partial charge < -0.3 is 0 Å². The van der Waals surface area contributed by atoms with Gasteiger partial charge in [0.1, 0.15) is 23.3 Å². The van der Waals surface area contributed by atoms with Crippen LogP contribution in [0.5, 0.6) is 0 Å². The Bertz CT molecular complexity index is 653. The Labute approximate surface area is 116 Å². The van der Waals surface area contributed by atoms with Crippen molar-refractivity contribution in [1.82, 2.24) is 0 Å². The number of benzene rings is 2. The molecule has 20 heavy (non-hydrogen) atoms. The van der Waals surface area contributed by atoms with E-state index < -0.39 is 45.2 Å². The zero-order chi connectivity index (χ0) is 15.0. The molecule has 2 aromatic carbocycles. The van der Waals surface area contributed by atoms with Gasteiger partial charge in [-0.3, -0.25) is 4.79 Å². The van der Waals surface area contributed by atoms with Crippen molar-refractivity contribution in [2.75, 3.05) is 0 Å². The largest absolute Gasteiger partial charge is 0.288 e. The summed E-state index contributed by atoms with van der Waals surface area (Å²) < 4.78 is 53.6. The van der Waals surface area contributed by atoms with Crippen molar-refractivity contribution < 1.29 is 22.4 Å². The van der Waals surface area contributed by atoms with Gasteiger partial charge in [-0.2, -0.15) is 0 Å². The molecule has 0 heterocycles. The maximum Gasteiger partial charge on any atom is 0.199 e. The minimum absolute atomic E-state index is 0.0181. The summed E-state index contributed by atoms with van der Waals surface area (Å²) in [6.07, 6.45) is 0. The minimum Gasteiger partial charge on any atom is -0.288 e. The SMILES string of the molecule is Cc1cc(C(=O)c2cc(F)c(Cl)cc2F)c(F)cc1F. The first-order valence-corrected chi connectivity index (χ1v) is 5.84. The van der Waals surface area contributed by atoms with E-state index in [-0.39, 0.29) is 5.56 Å². The third-order valence-corrected chi connectivity index (χ3v) is 3.04. The summed E-state index contributed by atoms with van der Waals surface area (Å²) >= 11 is 5.36. The topological polar surface area (TPSA) is 17.1 Å². The summed E-state index contributed by atoms with van der Waals surface area (Å²) in [6.45, 7) is 1.32. The molecule has 0 saturated heterocycles. The highest BCUT2D eigenvalue weighted by Gasteiger charge is 2.21. The van der Waals surface area contributed by atoms with Crippen molar-refractivity contribution in [3.8, 4) is 0 Å². The zero-order valence-electron chi connectivity index (χ0n) is 10.1. The number of carbonyl (C=O) groups is 1. The third kappa shape index (κ3) is 2.54. The number of halogens is 5. The van der Waals surface area contributed by atoms with Gasteiger partial charge in [-0.1, -0.05) is 11.6 Å². The van der Waals surface area contributed by atoms with Gasteiger partial charge in [-0.05, 0) is 30.7 Å². The quantitative estimate of drug-likeness (QED) is 0.455. The van der Waals surface area contributed by atoms with Crippen LogP contribution in [0.15, 0.2) is 24.3 Å². The smallest absolute Gasteiger partial charge is 0.199 e. The molecular formula is C14H7ClF4O. The Hall–Kier alpha value is -1.88. The summed E-state index contributed by atoms with van der Waals surface area (Å²) in [5, 5.41) is -0.491. The summed E-state index contributed by atoms with van der Waals surface area (Å²) in [6, 6.07) is 2.67. The van der Waals surface area contributed by atoms with Crippen LogP contribution in [0.3, 0.4) is 0 Å². The molecular weight excluding hydrogens is 296 g/mol. The van der Waals surface area contributed by atoms with Crippen LogP contribution in [0.1, 0.15) is 21.5 Å². The molecule has 0 bridgehead atoms. The lowest BCUT2D eigenvalue weighted by Gasteiger charge is -2.07. The monoisotopic (exact) mass is 302 g/mol. The average Bonchev–Trinajstić information content (AvgIpc) is 2.37.